The Morgan fingerprint density at radius 2 is 1.66 bits per heavy atom. The van der Waals surface area contributed by atoms with E-state index < -0.39 is 17.8 Å². The summed E-state index contributed by atoms with van der Waals surface area (Å²) in [5, 5.41) is 30.7. The van der Waals surface area contributed by atoms with Crippen LogP contribution in [0.5, 0.6) is 0 Å². The molecule has 9 atom stereocenters. The van der Waals surface area contributed by atoms with Crippen LogP contribution in [0, 0.1) is 46.3 Å². The highest BCUT2D eigenvalue weighted by molar-refractivity contribution is 5.81. The van der Waals surface area contributed by atoms with Crippen LogP contribution in [-0.2, 0) is 4.79 Å². The molecule has 0 aromatic carbocycles. The van der Waals surface area contributed by atoms with E-state index in [9.17, 15) is 20.1 Å². The molecule has 1 amide bonds. The van der Waals surface area contributed by atoms with E-state index in [1.165, 1.54) is 44.9 Å². The van der Waals surface area contributed by atoms with Crippen molar-refractivity contribution in [1.82, 2.24) is 0 Å². The van der Waals surface area contributed by atoms with E-state index in [-0.39, 0.29) is 17.3 Å². The number of carbonyl (C=O) groups excluding carboxylic acids is 1. The molecule has 0 saturated heterocycles. The summed E-state index contributed by atoms with van der Waals surface area (Å²) in [7, 11) is 0. The van der Waals surface area contributed by atoms with Crippen LogP contribution in [0.2, 0.25) is 0 Å². The van der Waals surface area contributed by atoms with Crippen molar-refractivity contribution in [2.75, 3.05) is 0 Å². The molecular formula is C24H41NO4. The van der Waals surface area contributed by atoms with Gasteiger partial charge in [0, 0.05) is 0 Å². The molecule has 4 rings (SSSR count). The lowest BCUT2D eigenvalue weighted by molar-refractivity contribution is -0.234. The lowest BCUT2D eigenvalue weighted by Crippen LogP contribution is -2.58. The quantitative estimate of drug-likeness (QED) is 0.537. The van der Waals surface area contributed by atoms with Gasteiger partial charge in [0.2, 0.25) is 0 Å². The fourth-order valence-corrected chi connectivity index (χ4v) is 8.93. The minimum atomic E-state index is -2.86. The Hall–Kier alpha value is -0.650. The number of fused-ring (bicyclic) bond motifs is 5. The summed E-state index contributed by atoms with van der Waals surface area (Å²) in [6, 6.07) is 0. The van der Waals surface area contributed by atoms with E-state index in [0.717, 1.165) is 37.0 Å². The molecule has 4 saturated carbocycles. The fraction of sp³-hybridized carbons (Fsp3) is 0.958. The molecule has 4 fully saturated rings. The maximum absolute atomic E-state index is 11.5. The summed E-state index contributed by atoms with van der Waals surface area (Å²) in [5.41, 5.74) is 5.73. The smallest absolute Gasteiger partial charge is 0.280 e. The molecule has 5 N–H and O–H groups in total. The second-order valence-corrected chi connectivity index (χ2v) is 11.5. The van der Waals surface area contributed by atoms with Crippen LogP contribution in [0.25, 0.3) is 0 Å². The van der Waals surface area contributed by atoms with E-state index in [1.807, 2.05) is 6.92 Å². The number of primary amides is 1. The number of aliphatic hydroxyl groups is 3. The van der Waals surface area contributed by atoms with Crippen LogP contribution < -0.4 is 5.73 Å². The van der Waals surface area contributed by atoms with Crippen molar-refractivity contribution in [3.8, 4) is 0 Å². The standard InChI is InChI=1S/C24H41NO4/c1-14(20(26)24(28,29)21(25)27)17-9-10-18-16-8-7-15-6-4-5-12-22(15,2)19(16)11-13-23(17,18)3/h14-20,26,28-29H,4-13H2,1-3H3,(H2,25,27)/t14-,15?,16-,17+,18-,19-,20?,22-,23+/m0/s1. The van der Waals surface area contributed by atoms with Crippen LogP contribution >= 0.6 is 0 Å². The third-order valence-corrected chi connectivity index (χ3v) is 10.6. The van der Waals surface area contributed by atoms with Gasteiger partial charge in [-0.1, -0.05) is 33.6 Å². The average Bonchev–Trinajstić information content (AvgIpc) is 3.03. The van der Waals surface area contributed by atoms with Crippen LogP contribution in [0.1, 0.15) is 85.0 Å². The number of rotatable bonds is 4. The second kappa shape index (κ2) is 7.20. The SMILES string of the molecule is C[C@H](C(O)C(O)(O)C(N)=O)[C@H]1CC[C@H]2[C@@H]3CCC4CCCC[C@]4(C)[C@H]3CC[C@]12C. The van der Waals surface area contributed by atoms with Gasteiger partial charge in [-0.25, -0.2) is 0 Å². The Morgan fingerprint density at radius 1 is 0.966 bits per heavy atom. The monoisotopic (exact) mass is 407 g/mol. The maximum Gasteiger partial charge on any atom is 0.280 e. The van der Waals surface area contributed by atoms with Gasteiger partial charge in [-0.3, -0.25) is 4.79 Å². The molecule has 0 radical (unpaired) electrons. The van der Waals surface area contributed by atoms with Gasteiger partial charge in [0.05, 0.1) is 0 Å². The molecule has 166 valence electrons. The molecule has 29 heavy (non-hydrogen) atoms. The third kappa shape index (κ3) is 3.10. The van der Waals surface area contributed by atoms with Crippen molar-refractivity contribution in [2.24, 2.45) is 52.1 Å². The topological polar surface area (TPSA) is 104 Å². The molecule has 4 aliphatic carbocycles. The lowest BCUT2D eigenvalue weighted by atomic mass is 9.44. The van der Waals surface area contributed by atoms with Gasteiger partial charge >= 0.3 is 0 Å². The zero-order valence-electron chi connectivity index (χ0n) is 18.4. The normalized spacial score (nSPS) is 46.9. The lowest BCUT2D eigenvalue weighted by Gasteiger charge is -2.61. The highest BCUT2D eigenvalue weighted by Gasteiger charge is 2.61. The highest BCUT2D eigenvalue weighted by atomic mass is 16.5. The van der Waals surface area contributed by atoms with Crippen molar-refractivity contribution >= 4 is 5.91 Å². The molecule has 2 unspecified atom stereocenters. The predicted molar refractivity (Wildman–Crippen MR) is 111 cm³/mol. The number of hydrogen-bond acceptors (Lipinski definition) is 4. The minimum Gasteiger partial charge on any atom is -0.387 e. The predicted octanol–water partition coefficient (Wildman–Crippen LogP) is 3.20. The first-order chi connectivity index (χ1) is 13.5. The van der Waals surface area contributed by atoms with Gasteiger partial charge in [0.25, 0.3) is 11.7 Å². The molecule has 5 heteroatoms. The number of nitrogens with two attached hydrogens (primary N) is 1. The molecule has 0 aliphatic heterocycles. The van der Waals surface area contributed by atoms with Crippen LogP contribution in [0.15, 0.2) is 0 Å². The zero-order chi connectivity index (χ0) is 21.2. The molecule has 0 heterocycles. The van der Waals surface area contributed by atoms with E-state index in [0.29, 0.717) is 11.3 Å². The maximum atomic E-state index is 11.5. The van der Waals surface area contributed by atoms with Gasteiger partial charge in [0.15, 0.2) is 0 Å². The molecule has 4 aliphatic rings. The summed E-state index contributed by atoms with van der Waals surface area (Å²) >= 11 is 0. The molecule has 0 spiro atoms. The summed E-state index contributed by atoms with van der Waals surface area (Å²) in [6.45, 7) is 6.80. The summed E-state index contributed by atoms with van der Waals surface area (Å²) in [5.74, 6) is -1.22. The molecular weight excluding hydrogens is 366 g/mol. The van der Waals surface area contributed by atoms with E-state index in [1.54, 1.807) is 0 Å². The van der Waals surface area contributed by atoms with E-state index in [4.69, 9.17) is 5.73 Å². The first-order valence-corrected chi connectivity index (χ1v) is 12.0. The van der Waals surface area contributed by atoms with Gasteiger partial charge in [0.1, 0.15) is 6.10 Å². The third-order valence-electron chi connectivity index (χ3n) is 10.6. The average molecular weight is 408 g/mol. The summed E-state index contributed by atoms with van der Waals surface area (Å²) in [4.78, 5) is 11.5. The van der Waals surface area contributed by atoms with Crippen molar-refractivity contribution in [3.05, 3.63) is 0 Å². The Labute approximate surface area is 175 Å². The van der Waals surface area contributed by atoms with Gasteiger partial charge in [-0.05, 0) is 97.7 Å². The van der Waals surface area contributed by atoms with Crippen molar-refractivity contribution < 1.29 is 20.1 Å². The number of aliphatic hydroxyl groups excluding tert-OH is 1. The van der Waals surface area contributed by atoms with Crippen molar-refractivity contribution in [2.45, 2.75) is 96.9 Å². The summed E-state index contributed by atoms with van der Waals surface area (Å²) in [6.07, 6.45) is 11.3. The zero-order valence-corrected chi connectivity index (χ0v) is 18.4. The van der Waals surface area contributed by atoms with E-state index >= 15 is 0 Å². The van der Waals surface area contributed by atoms with Crippen molar-refractivity contribution in [3.63, 3.8) is 0 Å². The Bertz CT molecular complexity index is 651. The molecule has 5 nitrogen and oxygen atoms in total. The fourth-order valence-electron chi connectivity index (χ4n) is 8.93. The second-order valence-electron chi connectivity index (χ2n) is 11.5. The molecule has 0 aromatic heterocycles. The van der Waals surface area contributed by atoms with Gasteiger partial charge < -0.3 is 21.1 Å². The Balaban J connectivity index is 1.56. The van der Waals surface area contributed by atoms with Gasteiger partial charge in [-0.2, -0.15) is 0 Å². The minimum absolute atomic E-state index is 0.0904. The van der Waals surface area contributed by atoms with E-state index in [2.05, 4.69) is 13.8 Å². The number of amides is 1. The van der Waals surface area contributed by atoms with Crippen molar-refractivity contribution in [1.29, 1.82) is 0 Å². The Kier molecular flexibility index (Phi) is 5.36. The molecule has 0 aromatic rings. The van der Waals surface area contributed by atoms with Crippen LogP contribution in [0.3, 0.4) is 0 Å². The van der Waals surface area contributed by atoms with Crippen LogP contribution in [0.4, 0.5) is 0 Å². The Morgan fingerprint density at radius 3 is 2.34 bits per heavy atom. The highest BCUT2D eigenvalue weighted by Crippen LogP contribution is 2.68. The number of hydrogen-bond donors (Lipinski definition) is 4. The first kappa shape index (κ1) is 21.6. The first-order valence-electron chi connectivity index (χ1n) is 12.0. The van der Waals surface area contributed by atoms with Crippen LogP contribution in [-0.4, -0.2) is 33.1 Å². The summed E-state index contributed by atoms with van der Waals surface area (Å²) < 4.78 is 0. The van der Waals surface area contributed by atoms with Gasteiger partial charge in [-0.15, -0.1) is 0 Å². The molecule has 0 bridgehead atoms. The number of carbonyl (C=O) groups is 1. The largest absolute Gasteiger partial charge is 0.387 e.